The molecule has 6 heteroatoms. The van der Waals surface area contributed by atoms with Gasteiger partial charge in [-0.2, -0.15) is 0 Å². The van der Waals surface area contributed by atoms with Crippen molar-refractivity contribution in [3.63, 3.8) is 0 Å². The van der Waals surface area contributed by atoms with Gasteiger partial charge in [-0.25, -0.2) is 0 Å². The molecule has 0 unspecified atom stereocenters. The maximum Gasteiger partial charge on any atom is 0.316 e. The van der Waals surface area contributed by atoms with Crippen molar-refractivity contribution in [3.05, 3.63) is 0 Å². The van der Waals surface area contributed by atoms with E-state index in [1.54, 1.807) is 0 Å². The van der Waals surface area contributed by atoms with E-state index in [1.165, 1.54) is 0 Å². The summed E-state index contributed by atoms with van der Waals surface area (Å²) in [5.74, 6) is -0.833. The quantitative estimate of drug-likeness (QED) is 0.536. The molecule has 0 heterocycles. The van der Waals surface area contributed by atoms with Gasteiger partial charge < -0.3 is 5.11 Å². The fraction of sp³-hybridized carbons (Fsp3) is 0.500. The van der Waals surface area contributed by atoms with Crippen molar-refractivity contribution in [1.29, 1.82) is 0 Å². The zero-order chi connectivity index (χ0) is 3.58. The molecular weight excluding hydrogens is 398 g/mol. The zero-order valence-electron chi connectivity index (χ0n) is 3.86. The SMILES string of the molecule is CC(=O)O.[Hf].[MgH2].[Ti].[Zr]. The van der Waals surface area contributed by atoms with Gasteiger partial charge in [-0.1, -0.05) is 0 Å². The van der Waals surface area contributed by atoms with Crippen molar-refractivity contribution in [2.24, 2.45) is 0 Å². The first-order valence-corrected chi connectivity index (χ1v) is 0.928. The number of hydrogen-bond donors (Lipinski definition) is 1. The third-order valence-corrected chi connectivity index (χ3v) is 0. The molecular formula is C2H6HfMgO2TiZr. The molecule has 0 aliphatic carbocycles. The van der Waals surface area contributed by atoms with Gasteiger partial charge in [-0.05, 0) is 0 Å². The summed E-state index contributed by atoms with van der Waals surface area (Å²) in [6.45, 7) is 1.08. The fourth-order valence-corrected chi connectivity index (χ4v) is 0. The normalized spacial score (nSPS) is 3.12. The minimum Gasteiger partial charge on any atom is -0.481 e. The molecule has 0 rings (SSSR count). The minimum atomic E-state index is -0.833. The van der Waals surface area contributed by atoms with Gasteiger partial charge in [0.2, 0.25) is 0 Å². The molecule has 0 amide bonds. The number of carboxylic acids is 1. The van der Waals surface area contributed by atoms with Gasteiger partial charge in [0.15, 0.2) is 0 Å². The Morgan fingerprint density at radius 2 is 1.50 bits per heavy atom. The minimum absolute atomic E-state index is 0. The summed E-state index contributed by atoms with van der Waals surface area (Å²) >= 11 is 0. The van der Waals surface area contributed by atoms with E-state index in [2.05, 4.69) is 0 Å². The molecule has 0 aliphatic rings. The summed E-state index contributed by atoms with van der Waals surface area (Å²) in [5.41, 5.74) is 0. The molecule has 1 N–H and O–H groups in total. The van der Waals surface area contributed by atoms with E-state index in [4.69, 9.17) is 9.90 Å². The standard InChI is InChI=1S/C2H4O2.Hf.Mg.Ti.Zr.2H/c1-2(3)4;;;;;;/h1H3,(H,3,4);;;;;;. The Labute approximate surface area is 117 Å². The Morgan fingerprint density at radius 3 is 1.50 bits per heavy atom. The summed E-state index contributed by atoms with van der Waals surface area (Å²) in [6.07, 6.45) is 0. The van der Waals surface area contributed by atoms with Crippen LogP contribution in [-0.4, -0.2) is 34.1 Å². The number of hydrogen-bond acceptors (Lipinski definition) is 1. The predicted octanol–water partition coefficient (Wildman–Crippen LogP) is -0.833. The fourth-order valence-electron chi connectivity index (χ4n) is 0. The molecule has 0 radical (unpaired) electrons. The van der Waals surface area contributed by atoms with Crippen LogP contribution in [0.25, 0.3) is 0 Å². The molecule has 40 valence electrons. The first-order valence-electron chi connectivity index (χ1n) is 0.928. The number of rotatable bonds is 0. The van der Waals surface area contributed by atoms with Crippen LogP contribution in [0.15, 0.2) is 0 Å². The molecule has 0 saturated heterocycles. The van der Waals surface area contributed by atoms with Crippen molar-refractivity contribution in [2.45, 2.75) is 6.92 Å². The van der Waals surface area contributed by atoms with Crippen LogP contribution in [0.3, 0.4) is 0 Å². The van der Waals surface area contributed by atoms with Gasteiger partial charge in [0.25, 0.3) is 5.97 Å². The number of carbonyl (C=O) groups is 1. The first kappa shape index (κ1) is 31.0. The molecule has 0 saturated carbocycles. The van der Waals surface area contributed by atoms with Crippen LogP contribution in [-0.2, 0) is 78.6 Å². The van der Waals surface area contributed by atoms with Crippen LogP contribution < -0.4 is 0 Å². The summed E-state index contributed by atoms with van der Waals surface area (Å²) in [6, 6.07) is 0. The Hall–Kier alpha value is 2.70. The van der Waals surface area contributed by atoms with Crippen molar-refractivity contribution >= 4 is 29.0 Å². The van der Waals surface area contributed by atoms with E-state index in [1.807, 2.05) is 0 Å². The average Bonchev–Trinajstić information content (AvgIpc) is 0.811. The molecule has 2 nitrogen and oxygen atoms in total. The number of carboxylic acid groups (broad SMARTS) is 1. The van der Waals surface area contributed by atoms with Gasteiger partial charge in [0.1, 0.15) is 0 Å². The van der Waals surface area contributed by atoms with Crippen LogP contribution in [0, 0.1) is 0 Å². The maximum absolute atomic E-state index is 9.00. The van der Waals surface area contributed by atoms with E-state index in [-0.39, 0.29) is 96.8 Å². The Kier molecular flexibility index (Phi) is 87.5. The van der Waals surface area contributed by atoms with Crippen LogP contribution in [0.2, 0.25) is 0 Å². The van der Waals surface area contributed by atoms with E-state index >= 15 is 0 Å². The summed E-state index contributed by atoms with van der Waals surface area (Å²) < 4.78 is 0. The zero-order valence-corrected chi connectivity index (χ0v) is 11.5. The van der Waals surface area contributed by atoms with Gasteiger partial charge >= 0.3 is 23.1 Å². The second-order valence-corrected chi connectivity index (χ2v) is 0.519. The molecule has 0 aromatic carbocycles. The van der Waals surface area contributed by atoms with E-state index in [0.717, 1.165) is 6.92 Å². The molecule has 0 aromatic rings. The molecule has 0 bridgehead atoms. The monoisotopic (exact) mass is 404 g/mol. The Bertz CT molecular complexity index is 43.0. The molecule has 0 fully saturated rings. The van der Waals surface area contributed by atoms with Crippen molar-refractivity contribution < 1.29 is 83.7 Å². The van der Waals surface area contributed by atoms with E-state index in [0.29, 0.717) is 0 Å². The third kappa shape index (κ3) is 70.7. The van der Waals surface area contributed by atoms with E-state index in [9.17, 15) is 0 Å². The van der Waals surface area contributed by atoms with Crippen LogP contribution in [0.4, 0.5) is 0 Å². The Morgan fingerprint density at radius 1 is 1.50 bits per heavy atom. The van der Waals surface area contributed by atoms with Gasteiger partial charge in [0, 0.05) is 80.7 Å². The number of aliphatic carboxylic acids is 1. The Balaban J connectivity index is -0.00000000750. The van der Waals surface area contributed by atoms with Crippen molar-refractivity contribution in [1.82, 2.24) is 0 Å². The second kappa shape index (κ2) is 22.6. The van der Waals surface area contributed by atoms with Crippen molar-refractivity contribution in [2.75, 3.05) is 0 Å². The summed E-state index contributed by atoms with van der Waals surface area (Å²) in [7, 11) is 0. The molecule has 0 spiro atoms. The predicted molar refractivity (Wildman–Crippen MR) is 21.9 cm³/mol. The largest absolute Gasteiger partial charge is 0.481 e. The molecule has 8 heavy (non-hydrogen) atoms. The summed E-state index contributed by atoms with van der Waals surface area (Å²) in [4.78, 5) is 9.00. The van der Waals surface area contributed by atoms with Crippen LogP contribution in [0.5, 0.6) is 0 Å². The maximum atomic E-state index is 9.00. The third-order valence-electron chi connectivity index (χ3n) is 0. The van der Waals surface area contributed by atoms with Crippen LogP contribution >= 0.6 is 0 Å². The van der Waals surface area contributed by atoms with E-state index < -0.39 is 5.97 Å². The summed E-state index contributed by atoms with van der Waals surface area (Å²) in [5, 5.41) is 7.42. The second-order valence-electron chi connectivity index (χ2n) is 0.519. The van der Waals surface area contributed by atoms with Gasteiger partial charge in [-0.15, -0.1) is 0 Å². The topological polar surface area (TPSA) is 37.3 Å². The molecule has 0 atom stereocenters. The van der Waals surface area contributed by atoms with Crippen molar-refractivity contribution in [3.8, 4) is 0 Å². The first-order chi connectivity index (χ1) is 1.73. The molecule has 0 aromatic heterocycles. The average molecular weight is 404 g/mol. The van der Waals surface area contributed by atoms with Gasteiger partial charge in [0.05, 0.1) is 0 Å². The van der Waals surface area contributed by atoms with Gasteiger partial charge in [-0.3, -0.25) is 4.79 Å². The van der Waals surface area contributed by atoms with Crippen LogP contribution in [0.1, 0.15) is 6.92 Å². The smallest absolute Gasteiger partial charge is 0.316 e. The molecule has 0 aliphatic heterocycles.